The first-order valence-electron chi connectivity index (χ1n) is 5.42. The van der Waals surface area contributed by atoms with Gasteiger partial charge in [-0.05, 0) is 42.5 Å². The fourth-order valence-electron chi connectivity index (χ4n) is 2.16. The highest BCUT2D eigenvalue weighted by molar-refractivity contribution is 5.98. The second kappa shape index (κ2) is 2.99. The van der Waals surface area contributed by atoms with E-state index in [0.717, 1.165) is 35.8 Å². The van der Waals surface area contributed by atoms with E-state index in [4.69, 9.17) is 5.73 Å². The van der Waals surface area contributed by atoms with Crippen molar-refractivity contribution in [3.8, 4) is 0 Å². The van der Waals surface area contributed by atoms with Crippen LogP contribution in [0.25, 0.3) is 0 Å². The van der Waals surface area contributed by atoms with Crippen LogP contribution in [-0.2, 0) is 6.54 Å². The number of carbonyl (C=O) groups excluding carboxylic acids is 1. The molecular formula is C12H14N2O. The van der Waals surface area contributed by atoms with Crippen LogP contribution in [0.1, 0.15) is 28.8 Å². The van der Waals surface area contributed by atoms with E-state index in [1.165, 1.54) is 12.8 Å². The molecule has 0 spiro atoms. The van der Waals surface area contributed by atoms with E-state index in [-0.39, 0.29) is 5.91 Å². The first-order chi connectivity index (χ1) is 7.24. The molecule has 1 saturated carbocycles. The Labute approximate surface area is 88.9 Å². The van der Waals surface area contributed by atoms with Gasteiger partial charge in [0.25, 0.3) is 5.91 Å². The van der Waals surface area contributed by atoms with Gasteiger partial charge in [0, 0.05) is 24.3 Å². The topological polar surface area (TPSA) is 46.3 Å². The van der Waals surface area contributed by atoms with Gasteiger partial charge in [-0.3, -0.25) is 4.79 Å². The highest BCUT2D eigenvalue weighted by Crippen LogP contribution is 2.33. The van der Waals surface area contributed by atoms with Crippen LogP contribution >= 0.6 is 0 Å². The Hall–Kier alpha value is -1.51. The van der Waals surface area contributed by atoms with Gasteiger partial charge in [-0.15, -0.1) is 0 Å². The molecule has 3 nitrogen and oxygen atoms in total. The maximum Gasteiger partial charge on any atom is 0.254 e. The molecule has 3 heteroatoms. The van der Waals surface area contributed by atoms with Crippen molar-refractivity contribution in [2.75, 3.05) is 12.3 Å². The molecule has 15 heavy (non-hydrogen) atoms. The Kier molecular flexibility index (Phi) is 1.75. The summed E-state index contributed by atoms with van der Waals surface area (Å²) in [6.45, 7) is 1.67. The van der Waals surface area contributed by atoms with Crippen LogP contribution in [-0.4, -0.2) is 17.4 Å². The van der Waals surface area contributed by atoms with Crippen molar-refractivity contribution in [3.05, 3.63) is 29.3 Å². The van der Waals surface area contributed by atoms with E-state index in [1.54, 1.807) is 6.07 Å². The summed E-state index contributed by atoms with van der Waals surface area (Å²) in [7, 11) is 0. The van der Waals surface area contributed by atoms with Gasteiger partial charge in [-0.1, -0.05) is 0 Å². The number of benzene rings is 1. The van der Waals surface area contributed by atoms with Crippen molar-refractivity contribution in [2.24, 2.45) is 5.92 Å². The van der Waals surface area contributed by atoms with Crippen LogP contribution in [0, 0.1) is 5.92 Å². The summed E-state index contributed by atoms with van der Waals surface area (Å²) in [6, 6.07) is 5.57. The van der Waals surface area contributed by atoms with E-state index in [0.29, 0.717) is 0 Å². The molecule has 1 amide bonds. The third kappa shape index (κ3) is 1.48. The van der Waals surface area contributed by atoms with Crippen molar-refractivity contribution in [2.45, 2.75) is 19.4 Å². The summed E-state index contributed by atoms with van der Waals surface area (Å²) in [4.78, 5) is 13.9. The Morgan fingerprint density at radius 1 is 1.40 bits per heavy atom. The minimum atomic E-state index is 0.178. The molecule has 3 rings (SSSR count). The SMILES string of the molecule is Nc1ccc2c(c1)CN(CC1CC1)C2=O. The van der Waals surface area contributed by atoms with Crippen LogP contribution < -0.4 is 5.73 Å². The van der Waals surface area contributed by atoms with Crippen LogP contribution in [0.4, 0.5) is 5.69 Å². The van der Waals surface area contributed by atoms with Crippen LogP contribution in [0.5, 0.6) is 0 Å². The Balaban J connectivity index is 1.87. The molecule has 0 unspecified atom stereocenters. The second-order valence-corrected chi connectivity index (χ2v) is 4.55. The third-order valence-corrected chi connectivity index (χ3v) is 3.18. The molecule has 1 aliphatic heterocycles. The number of fused-ring (bicyclic) bond motifs is 1. The lowest BCUT2D eigenvalue weighted by molar-refractivity contribution is 0.0771. The maximum atomic E-state index is 12.0. The minimum Gasteiger partial charge on any atom is -0.399 e. The van der Waals surface area contributed by atoms with Gasteiger partial charge in [-0.25, -0.2) is 0 Å². The molecule has 0 atom stereocenters. The first kappa shape index (κ1) is 8.77. The van der Waals surface area contributed by atoms with Crippen molar-refractivity contribution < 1.29 is 4.79 Å². The first-order valence-corrected chi connectivity index (χ1v) is 5.42. The number of rotatable bonds is 2. The number of hydrogen-bond acceptors (Lipinski definition) is 2. The highest BCUT2D eigenvalue weighted by atomic mass is 16.2. The van der Waals surface area contributed by atoms with Gasteiger partial charge < -0.3 is 10.6 Å². The van der Waals surface area contributed by atoms with Crippen molar-refractivity contribution in [1.29, 1.82) is 0 Å². The number of nitrogens with zero attached hydrogens (tertiary/aromatic N) is 1. The molecule has 1 aliphatic carbocycles. The van der Waals surface area contributed by atoms with Gasteiger partial charge >= 0.3 is 0 Å². The summed E-state index contributed by atoms with van der Waals surface area (Å²) in [5.41, 5.74) is 8.37. The van der Waals surface area contributed by atoms with Gasteiger partial charge in [0.2, 0.25) is 0 Å². The molecule has 78 valence electrons. The molecule has 1 aromatic carbocycles. The molecule has 1 heterocycles. The Bertz CT molecular complexity index is 424. The molecule has 2 aliphatic rings. The zero-order valence-electron chi connectivity index (χ0n) is 8.57. The molecule has 1 aromatic rings. The Morgan fingerprint density at radius 2 is 2.20 bits per heavy atom. The molecule has 0 saturated heterocycles. The average Bonchev–Trinajstić information content (AvgIpc) is 2.95. The van der Waals surface area contributed by atoms with Crippen molar-refractivity contribution in [3.63, 3.8) is 0 Å². The van der Waals surface area contributed by atoms with E-state index in [1.807, 2.05) is 17.0 Å². The smallest absolute Gasteiger partial charge is 0.254 e. The lowest BCUT2D eigenvalue weighted by Crippen LogP contribution is -2.26. The van der Waals surface area contributed by atoms with Crippen molar-refractivity contribution in [1.82, 2.24) is 4.90 Å². The Morgan fingerprint density at radius 3 is 2.93 bits per heavy atom. The van der Waals surface area contributed by atoms with Crippen LogP contribution in [0.15, 0.2) is 18.2 Å². The lowest BCUT2D eigenvalue weighted by Gasteiger charge is -2.14. The molecule has 0 aromatic heterocycles. The molecule has 1 fully saturated rings. The summed E-state index contributed by atoms with van der Waals surface area (Å²) >= 11 is 0. The lowest BCUT2D eigenvalue weighted by atomic mass is 10.1. The zero-order valence-corrected chi connectivity index (χ0v) is 8.57. The van der Waals surface area contributed by atoms with Gasteiger partial charge in [0.05, 0.1) is 0 Å². The largest absolute Gasteiger partial charge is 0.399 e. The molecule has 0 radical (unpaired) electrons. The van der Waals surface area contributed by atoms with E-state index < -0.39 is 0 Å². The monoisotopic (exact) mass is 202 g/mol. The fourth-order valence-corrected chi connectivity index (χ4v) is 2.16. The second-order valence-electron chi connectivity index (χ2n) is 4.55. The molecule has 2 N–H and O–H groups in total. The van der Waals surface area contributed by atoms with Gasteiger partial charge in [0.15, 0.2) is 0 Å². The summed E-state index contributed by atoms with van der Waals surface area (Å²) in [5, 5.41) is 0. The van der Waals surface area contributed by atoms with E-state index >= 15 is 0 Å². The zero-order chi connectivity index (χ0) is 10.4. The number of hydrogen-bond donors (Lipinski definition) is 1. The predicted molar refractivity (Wildman–Crippen MR) is 58.3 cm³/mol. The minimum absolute atomic E-state index is 0.178. The van der Waals surface area contributed by atoms with E-state index in [2.05, 4.69) is 0 Å². The quantitative estimate of drug-likeness (QED) is 0.741. The van der Waals surface area contributed by atoms with Gasteiger partial charge in [-0.2, -0.15) is 0 Å². The van der Waals surface area contributed by atoms with Crippen LogP contribution in [0.2, 0.25) is 0 Å². The normalized spacial score (nSPS) is 19.5. The maximum absolute atomic E-state index is 12.0. The van der Waals surface area contributed by atoms with E-state index in [9.17, 15) is 4.79 Å². The molecular weight excluding hydrogens is 188 g/mol. The number of amides is 1. The third-order valence-electron chi connectivity index (χ3n) is 3.18. The average molecular weight is 202 g/mol. The number of anilines is 1. The number of nitrogens with two attached hydrogens (primary N) is 1. The van der Waals surface area contributed by atoms with Gasteiger partial charge in [0.1, 0.15) is 0 Å². The fraction of sp³-hybridized carbons (Fsp3) is 0.417. The predicted octanol–water partition coefficient (Wildman–Crippen LogP) is 1.63. The van der Waals surface area contributed by atoms with Crippen molar-refractivity contribution >= 4 is 11.6 Å². The molecule has 0 bridgehead atoms. The number of carbonyl (C=O) groups is 1. The summed E-state index contributed by atoms with van der Waals surface area (Å²) in [5.74, 6) is 0.928. The summed E-state index contributed by atoms with van der Waals surface area (Å²) < 4.78 is 0. The highest BCUT2D eigenvalue weighted by Gasteiger charge is 2.32. The van der Waals surface area contributed by atoms with Crippen LogP contribution in [0.3, 0.4) is 0 Å². The summed E-state index contributed by atoms with van der Waals surface area (Å²) in [6.07, 6.45) is 2.56. The standard InChI is InChI=1S/C12H14N2O/c13-10-3-4-11-9(5-10)7-14(12(11)15)6-8-1-2-8/h3-5,8H,1-2,6-7,13H2. The number of nitrogen functional groups attached to an aromatic ring is 1.